The van der Waals surface area contributed by atoms with E-state index in [0.29, 0.717) is 35.0 Å². The summed E-state index contributed by atoms with van der Waals surface area (Å²) < 4.78 is 15.9. The molecule has 0 spiro atoms. The lowest BCUT2D eigenvalue weighted by Crippen LogP contribution is -2.38. The van der Waals surface area contributed by atoms with Crippen molar-refractivity contribution in [2.45, 2.75) is 38.6 Å². The van der Waals surface area contributed by atoms with Gasteiger partial charge >= 0.3 is 0 Å². The molecule has 0 radical (unpaired) electrons. The third-order valence-electron chi connectivity index (χ3n) is 6.77. The van der Waals surface area contributed by atoms with Gasteiger partial charge in [-0.05, 0) is 44.4 Å². The van der Waals surface area contributed by atoms with E-state index in [9.17, 15) is 9.18 Å². The number of rotatable bonds is 3. The van der Waals surface area contributed by atoms with Crippen LogP contribution in [0.3, 0.4) is 0 Å². The smallest absolute Gasteiger partial charge is 0.257 e. The molecule has 1 saturated heterocycles. The molecule has 6 rings (SSSR count). The van der Waals surface area contributed by atoms with Crippen LogP contribution in [0, 0.1) is 12.7 Å². The van der Waals surface area contributed by atoms with E-state index in [4.69, 9.17) is 4.98 Å². The Hall–Kier alpha value is -3.82. The van der Waals surface area contributed by atoms with E-state index in [1.807, 2.05) is 16.7 Å². The number of imidazole rings is 1. The van der Waals surface area contributed by atoms with E-state index >= 15 is 0 Å². The van der Waals surface area contributed by atoms with Gasteiger partial charge in [-0.25, -0.2) is 23.9 Å². The summed E-state index contributed by atoms with van der Waals surface area (Å²) in [6.07, 6.45) is 9.00. The van der Waals surface area contributed by atoms with E-state index in [2.05, 4.69) is 20.1 Å². The Kier molecular flexibility index (Phi) is 5.00. The van der Waals surface area contributed by atoms with Crippen molar-refractivity contribution >= 4 is 17.4 Å². The largest absolute Gasteiger partial charge is 0.348 e. The molecular formula is C24H25FN8O. The Bertz CT molecular complexity index is 1370. The van der Waals surface area contributed by atoms with Crippen LogP contribution < -0.4 is 4.90 Å². The van der Waals surface area contributed by atoms with Gasteiger partial charge in [0.25, 0.3) is 5.91 Å². The van der Waals surface area contributed by atoms with Crippen molar-refractivity contribution in [2.24, 2.45) is 0 Å². The van der Waals surface area contributed by atoms with Gasteiger partial charge in [0.15, 0.2) is 0 Å². The van der Waals surface area contributed by atoms with Gasteiger partial charge in [-0.15, -0.1) is 0 Å². The zero-order valence-electron chi connectivity index (χ0n) is 18.9. The molecule has 4 aromatic heterocycles. The van der Waals surface area contributed by atoms with Crippen LogP contribution in [0.25, 0.3) is 5.52 Å². The Labute approximate surface area is 195 Å². The number of likely N-dealkylation sites (tertiary alicyclic amines) is 1. The van der Waals surface area contributed by atoms with Crippen molar-refractivity contribution in [3.05, 3.63) is 71.1 Å². The predicted molar refractivity (Wildman–Crippen MR) is 123 cm³/mol. The SMILES string of the molecule is Cc1nc(N2CCc3[nH]cnc3[C@@H]2c2cc3c(F)cccn3n2)ncc1C(=O)N1CCCCC1. The molecule has 0 saturated carbocycles. The maximum Gasteiger partial charge on any atom is 0.257 e. The maximum absolute atomic E-state index is 14.4. The predicted octanol–water partition coefficient (Wildman–Crippen LogP) is 3.07. The van der Waals surface area contributed by atoms with Crippen LogP contribution in [0.5, 0.6) is 0 Å². The fourth-order valence-electron chi connectivity index (χ4n) is 5.00. The van der Waals surface area contributed by atoms with Crippen molar-refractivity contribution < 1.29 is 9.18 Å². The summed E-state index contributed by atoms with van der Waals surface area (Å²) in [5.41, 5.74) is 4.09. The monoisotopic (exact) mass is 460 g/mol. The van der Waals surface area contributed by atoms with Gasteiger partial charge in [0.1, 0.15) is 17.4 Å². The normalized spacial score (nSPS) is 18.4. The zero-order chi connectivity index (χ0) is 23.2. The number of carbonyl (C=O) groups is 1. The molecule has 0 unspecified atom stereocenters. The average Bonchev–Trinajstić information content (AvgIpc) is 3.51. The van der Waals surface area contributed by atoms with Gasteiger partial charge in [0.05, 0.1) is 29.0 Å². The van der Waals surface area contributed by atoms with Gasteiger partial charge in [-0.1, -0.05) is 0 Å². The summed E-state index contributed by atoms with van der Waals surface area (Å²) in [6, 6.07) is 4.42. The second-order valence-electron chi connectivity index (χ2n) is 8.89. The summed E-state index contributed by atoms with van der Waals surface area (Å²) in [4.78, 5) is 34.1. The van der Waals surface area contributed by atoms with Gasteiger partial charge in [0, 0.05) is 44.1 Å². The highest BCUT2D eigenvalue weighted by atomic mass is 19.1. The number of aryl methyl sites for hydroxylation is 1. The molecule has 2 aliphatic rings. The quantitative estimate of drug-likeness (QED) is 0.505. The number of H-pyrrole nitrogens is 1. The number of aromatic amines is 1. The average molecular weight is 461 g/mol. The van der Waals surface area contributed by atoms with Crippen LogP contribution in [0.2, 0.25) is 0 Å². The number of pyridine rings is 1. The third-order valence-corrected chi connectivity index (χ3v) is 6.77. The first-order valence-electron chi connectivity index (χ1n) is 11.7. The molecule has 0 aliphatic carbocycles. The Morgan fingerprint density at radius 1 is 1.18 bits per heavy atom. The van der Waals surface area contributed by atoms with E-state index in [-0.39, 0.29) is 17.8 Å². The second kappa shape index (κ2) is 8.19. The molecule has 174 valence electrons. The molecule has 10 heteroatoms. The topological polar surface area (TPSA) is 95.3 Å². The molecule has 34 heavy (non-hydrogen) atoms. The van der Waals surface area contributed by atoms with E-state index in [1.165, 1.54) is 10.6 Å². The van der Waals surface area contributed by atoms with Crippen molar-refractivity contribution in [2.75, 3.05) is 24.5 Å². The number of fused-ring (bicyclic) bond motifs is 2. The number of nitrogens with one attached hydrogen (secondary N) is 1. The molecular weight excluding hydrogens is 435 g/mol. The maximum atomic E-state index is 14.4. The van der Waals surface area contributed by atoms with Crippen molar-refractivity contribution in [1.29, 1.82) is 0 Å². The van der Waals surface area contributed by atoms with Crippen LogP contribution in [-0.4, -0.2) is 60.0 Å². The lowest BCUT2D eigenvalue weighted by atomic mass is 10.00. The Balaban J connectivity index is 1.38. The van der Waals surface area contributed by atoms with Crippen LogP contribution in [0.1, 0.15) is 58.4 Å². The number of hydrogen-bond donors (Lipinski definition) is 1. The number of anilines is 1. The van der Waals surface area contributed by atoms with Gasteiger partial charge in [-0.2, -0.15) is 5.10 Å². The number of carbonyl (C=O) groups excluding carboxylic acids is 1. The van der Waals surface area contributed by atoms with Crippen LogP contribution in [0.4, 0.5) is 10.3 Å². The molecule has 0 bridgehead atoms. The summed E-state index contributed by atoms with van der Waals surface area (Å²) in [7, 11) is 0. The summed E-state index contributed by atoms with van der Waals surface area (Å²) in [5.74, 6) is 0.159. The molecule has 1 amide bonds. The highest BCUT2D eigenvalue weighted by Crippen LogP contribution is 2.35. The van der Waals surface area contributed by atoms with Crippen molar-refractivity contribution in [3.8, 4) is 0 Å². The molecule has 1 N–H and O–H groups in total. The summed E-state index contributed by atoms with van der Waals surface area (Å²) >= 11 is 0. The number of halogens is 1. The highest BCUT2D eigenvalue weighted by Gasteiger charge is 2.35. The van der Waals surface area contributed by atoms with Gasteiger partial charge in [0.2, 0.25) is 5.95 Å². The number of aromatic nitrogens is 6. The first-order chi connectivity index (χ1) is 16.6. The molecule has 9 nitrogen and oxygen atoms in total. The molecule has 1 fully saturated rings. The van der Waals surface area contributed by atoms with Crippen LogP contribution in [-0.2, 0) is 6.42 Å². The minimum absolute atomic E-state index is 0.00985. The molecule has 2 aliphatic heterocycles. The fourth-order valence-corrected chi connectivity index (χ4v) is 5.00. The van der Waals surface area contributed by atoms with Crippen LogP contribution in [0.15, 0.2) is 36.9 Å². The van der Waals surface area contributed by atoms with Crippen LogP contribution >= 0.6 is 0 Å². The number of hydrogen-bond acceptors (Lipinski definition) is 6. The van der Waals surface area contributed by atoms with Crippen molar-refractivity contribution in [1.82, 2.24) is 34.4 Å². The minimum atomic E-state index is -0.377. The first kappa shape index (κ1) is 20.8. The summed E-state index contributed by atoms with van der Waals surface area (Å²) in [6.45, 7) is 4.04. The van der Waals surface area contributed by atoms with E-state index in [1.54, 1.807) is 30.9 Å². The molecule has 0 aromatic carbocycles. The number of amides is 1. The summed E-state index contributed by atoms with van der Waals surface area (Å²) in [5, 5.41) is 4.65. The lowest BCUT2D eigenvalue weighted by molar-refractivity contribution is 0.0722. The van der Waals surface area contributed by atoms with Gasteiger partial charge in [-0.3, -0.25) is 4.79 Å². The highest BCUT2D eigenvalue weighted by molar-refractivity contribution is 5.95. The lowest BCUT2D eigenvalue weighted by Gasteiger charge is -2.34. The molecule has 4 aromatic rings. The third kappa shape index (κ3) is 3.41. The number of piperidine rings is 1. The molecule has 6 heterocycles. The first-order valence-corrected chi connectivity index (χ1v) is 11.7. The van der Waals surface area contributed by atoms with E-state index in [0.717, 1.165) is 50.2 Å². The zero-order valence-corrected chi connectivity index (χ0v) is 18.9. The fraction of sp³-hybridized carbons (Fsp3) is 0.375. The number of nitrogens with zero attached hydrogens (tertiary/aromatic N) is 7. The Morgan fingerprint density at radius 3 is 2.82 bits per heavy atom. The minimum Gasteiger partial charge on any atom is -0.348 e. The van der Waals surface area contributed by atoms with Gasteiger partial charge < -0.3 is 14.8 Å². The standard InChI is InChI=1S/C24H25FN8O/c1-15-16(23(34)31-8-3-2-4-9-31)13-26-24(29-15)32-11-7-18-21(28-14-27-18)22(32)19-12-20-17(25)6-5-10-33(20)30-19/h5-6,10,12-14,22H,2-4,7-9,11H2,1H3,(H,27,28)/t22-/m0/s1. The van der Waals surface area contributed by atoms with Crippen molar-refractivity contribution in [3.63, 3.8) is 0 Å². The van der Waals surface area contributed by atoms with E-state index < -0.39 is 0 Å². The molecule has 1 atom stereocenters. The Morgan fingerprint density at radius 2 is 2.03 bits per heavy atom. The second-order valence-corrected chi connectivity index (χ2v) is 8.89.